The third kappa shape index (κ3) is 5.12. The fourth-order valence-corrected chi connectivity index (χ4v) is 3.14. The number of thioether (sulfide) groups is 1. The van der Waals surface area contributed by atoms with Gasteiger partial charge in [-0.15, -0.1) is 10.2 Å². The number of hydrogen-bond donors (Lipinski definition) is 1. The predicted molar refractivity (Wildman–Crippen MR) is 97.9 cm³/mol. The molecule has 130 valence electrons. The summed E-state index contributed by atoms with van der Waals surface area (Å²) in [5.41, 5.74) is 0.364. The number of nitrogens with one attached hydrogen (secondary N) is 1. The number of aromatic nitrogens is 3. The third-order valence-corrected chi connectivity index (χ3v) is 5.04. The van der Waals surface area contributed by atoms with E-state index in [0.29, 0.717) is 12.0 Å². The van der Waals surface area contributed by atoms with Crippen molar-refractivity contribution in [3.05, 3.63) is 11.6 Å². The highest BCUT2D eigenvalue weighted by Crippen LogP contribution is 2.28. The first kappa shape index (κ1) is 18.1. The van der Waals surface area contributed by atoms with Crippen molar-refractivity contribution in [3.63, 3.8) is 0 Å². The summed E-state index contributed by atoms with van der Waals surface area (Å²) in [7, 11) is 1.99. The van der Waals surface area contributed by atoms with E-state index < -0.39 is 0 Å². The van der Waals surface area contributed by atoms with Crippen molar-refractivity contribution in [2.75, 3.05) is 31.6 Å². The first-order valence-electron chi connectivity index (χ1n) is 8.30. The van der Waals surface area contributed by atoms with Gasteiger partial charge in [-0.25, -0.2) is 4.99 Å². The standard InChI is InChI=1S/C16H30N6S/c1-13-19-20-14(21(13)4)11-18-15(17-8-6-10-23-5)22-9-7-16(2,3)12-22/h6-12H2,1-5H3,(H,17,18). The first-order chi connectivity index (χ1) is 10.9. The molecule has 0 aromatic carbocycles. The molecule has 2 heterocycles. The molecule has 1 aliphatic rings. The smallest absolute Gasteiger partial charge is 0.194 e. The highest BCUT2D eigenvalue weighted by molar-refractivity contribution is 7.98. The molecule has 1 aromatic rings. The zero-order valence-electron chi connectivity index (χ0n) is 15.1. The Morgan fingerprint density at radius 2 is 2.17 bits per heavy atom. The molecule has 0 amide bonds. The van der Waals surface area contributed by atoms with Crippen LogP contribution in [0.15, 0.2) is 4.99 Å². The SMILES string of the molecule is CSCCCNC(=NCc1nnc(C)n1C)N1CCC(C)(C)C1. The Balaban J connectivity index is 2.03. The quantitative estimate of drug-likeness (QED) is 0.489. The maximum Gasteiger partial charge on any atom is 0.194 e. The zero-order chi connectivity index (χ0) is 16.9. The average molecular weight is 339 g/mol. The molecule has 0 bridgehead atoms. The van der Waals surface area contributed by atoms with E-state index in [1.165, 1.54) is 12.2 Å². The number of rotatable bonds is 6. The lowest BCUT2D eigenvalue weighted by molar-refractivity contribution is 0.369. The maximum atomic E-state index is 4.81. The van der Waals surface area contributed by atoms with Crippen LogP contribution in [-0.2, 0) is 13.6 Å². The van der Waals surface area contributed by atoms with E-state index in [-0.39, 0.29) is 0 Å². The van der Waals surface area contributed by atoms with E-state index in [1.807, 2.05) is 30.3 Å². The minimum Gasteiger partial charge on any atom is -0.356 e. The molecule has 0 aliphatic carbocycles. The van der Waals surface area contributed by atoms with Crippen LogP contribution in [0.3, 0.4) is 0 Å². The first-order valence-corrected chi connectivity index (χ1v) is 9.69. The van der Waals surface area contributed by atoms with Gasteiger partial charge < -0.3 is 14.8 Å². The highest BCUT2D eigenvalue weighted by atomic mass is 32.2. The average Bonchev–Trinajstić information content (AvgIpc) is 3.02. The molecule has 1 N–H and O–H groups in total. The van der Waals surface area contributed by atoms with Gasteiger partial charge in [0, 0.05) is 26.7 Å². The van der Waals surface area contributed by atoms with Crippen molar-refractivity contribution in [1.82, 2.24) is 25.0 Å². The van der Waals surface area contributed by atoms with E-state index in [2.05, 4.69) is 40.5 Å². The van der Waals surface area contributed by atoms with Gasteiger partial charge in [0.05, 0.1) is 0 Å². The van der Waals surface area contributed by atoms with Crippen molar-refractivity contribution in [2.24, 2.45) is 17.5 Å². The molecular weight excluding hydrogens is 308 g/mol. The summed E-state index contributed by atoms with van der Waals surface area (Å²) < 4.78 is 2.00. The molecule has 0 unspecified atom stereocenters. The molecule has 1 aromatic heterocycles. The van der Waals surface area contributed by atoms with Gasteiger partial charge in [-0.2, -0.15) is 11.8 Å². The molecule has 2 rings (SSSR count). The Labute approximate surface area is 144 Å². The minimum absolute atomic E-state index is 0.364. The lowest BCUT2D eigenvalue weighted by atomic mass is 9.93. The van der Waals surface area contributed by atoms with Crippen molar-refractivity contribution in [2.45, 2.75) is 40.2 Å². The second kappa shape index (κ2) is 8.04. The molecular formula is C16H30N6S. The van der Waals surface area contributed by atoms with Gasteiger partial charge in [0.15, 0.2) is 11.8 Å². The molecule has 1 saturated heterocycles. The Morgan fingerprint density at radius 3 is 2.74 bits per heavy atom. The summed E-state index contributed by atoms with van der Waals surface area (Å²) in [4.78, 5) is 7.19. The van der Waals surface area contributed by atoms with Crippen LogP contribution in [0.25, 0.3) is 0 Å². The molecule has 7 heteroatoms. The number of guanidine groups is 1. The van der Waals surface area contributed by atoms with Crippen LogP contribution < -0.4 is 5.32 Å². The second-order valence-electron chi connectivity index (χ2n) is 6.97. The molecule has 0 radical (unpaired) electrons. The largest absolute Gasteiger partial charge is 0.356 e. The lowest BCUT2D eigenvalue weighted by Crippen LogP contribution is -2.41. The predicted octanol–water partition coefficient (Wildman–Crippen LogP) is 2.05. The van der Waals surface area contributed by atoms with E-state index in [4.69, 9.17) is 4.99 Å². The second-order valence-corrected chi connectivity index (χ2v) is 7.96. The molecule has 6 nitrogen and oxygen atoms in total. The topological polar surface area (TPSA) is 58.3 Å². The van der Waals surface area contributed by atoms with Crippen LogP contribution in [0.4, 0.5) is 0 Å². The van der Waals surface area contributed by atoms with Gasteiger partial charge >= 0.3 is 0 Å². The Hall–Kier alpha value is -1.24. The molecule has 1 fully saturated rings. The number of aryl methyl sites for hydroxylation is 1. The summed E-state index contributed by atoms with van der Waals surface area (Å²) in [5.74, 6) is 4.02. The van der Waals surface area contributed by atoms with E-state index in [9.17, 15) is 0 Å². The number of likely N-dealkylation sites (tertiary alicyclic amines) is 1. The summed E-state index contributed by atoms with van der Waals surface area (Å²) in [5, 5.41) is 11.9. The van der Waals surface area contributed by atoms with Crippen molar-refractivity contribution >= 4 is 17.7 Å². The molecule has 0 atom stereocenters. The van der Waals surface area contributed by atoms with E-state index in [0.717, 1.165) is 43.7 Å². The Morgan fingerprint density at radius 1 is 1.39 bits per heavy atom. The summed E-state index contributed by atoms with van der Waals surface area (Å²) in [6, 6.07) is 0. The Bertz CT molecular complexity index is 537. The van der Waals surface area contributed by atoms with Gasteiger partial charge in [0.1, 0.15) is 12.4 Å². The van der Waals surface area contributed by atoms with Crippen LogP contribution in [0.5, 0.6) is 0 Å². The molecule has 23 heavy (non-hydrogen) atoms. The monoisotopic (exact) mass is 338 g/mol. The summed E-state index contributed by atoms with van der Waals surface area (Å²) in [6.07, 6.45) is 4.51. The normalized spacial score (nSPS) is 17.8. The van der Waals surface area contributed by atoms with Crippen LogP contribution in [0, 0.1) is 12.3 Å². The van der Waals surface area contributed by atoms with Crippen LogP contribution in [0.1, 0.15) is 38.3 Å². The van der Waals surface area contributed by atoms with Crippen molar-refractivity contribution in [3.8, 4) is 0 Å². The lowest BCUT2D eigenvalue weighted by Gasteiger charge is -2.24. The summed E-state index contributed by atoms with van der Waals surface area (Å²) >= 11 is 1.89. The van der Waals surface area contributed by atoms with Crippen molar-refractivity contribution in [1.29, 1.82) is 0 Å². The maximum absolute atomic E-state index is 4.81. The zero-order valence-corrected chi connectivity index (χ0v) is 15.9. The minimum atomic E-state index is 0.364. The number of aliphatic imine (C=N–C) groups is 1. The fraction of sp³-hybridized carbons (Fsp3) is 0.812. The Kier molecular flexibility index (Phi) is 6.33. The molecule has 0 spiro atoms. The number of nitrogens with zero attached hydrogens (tertiary/aromatic N) is 5. The fourth-order valence-electron chi connectivity index (χ4n) is 2.71. The highest BCUT2D eigenvalue weighted by Gasteiger charge is 2.30. The van der Waals surface area contributed by atoms with Gasteiger partial charge in [-0.1, -0.05) is 13.8 Å². The molecule has 0 saturated carbocycles. The number of hydrogen-bond acceptors (Lipinski definition) is 4. The van der Waals surface area contributed by atoms with Crippen LogP contribution in [0.2, 0.25) is 0 Å². The van der Waals surface area contributed by atoms with Gasteiger partial charge in [0.25, 0.3) is 0 Å². The van der Waals surface area contributed by atoms with Crippen LogP contribution >= 0.6 is 11.8 Å². The van der Waals surface area contributed by atoms with Gasteiger partial charge in [-0.05, 0) is 37.2 Å². The molecule has 1 aliphatic heterocycles. The van der Waals surface area contributed by atoms with E-state index in [1.54, 1.807) is 0 Å². The van der Waals surface area contributed by atoms with Gasteiger partial charge in [-0.3, -0.25) is 0 Å². The third-order valence-electron chi connectivity index (χ3n) is 4.34. The van der Waals surface area contributed by atoms with Gasteiger partial charge in [0.2, 0.25) is 0 Å². The van der Waals surface area contributed by atoms with E-state index >= 15 is 0 Å². The summed E-state index contributed by atoms with van der Waals surface area (Å²) in [6.45, 7) is 10.3. The van der Waals surface area contributed by atoms with Crippen LogP contribution in [-0.4, -0.2) is 57.3 Å². The van der Waals surface area contributed by atoms with Crippen molar-refractivity contribution < 1.29 is 0 Å².